The molecule has 106 valence electrons. The summed E-state index contributed by atoms with van der Waals surface area (Å²) in [5.74, 6) is 0. The lowest BCUT2D eigenvalue weighted by Gasteiger charge is -2.09. The van der Waals surface area contributed by atoms with E-state index in [9.17, 15) is 8.42 Å². The van der Waals surface area contributed by atoms with E-state index in [0.717, 1.165) is 9.75 Å². The average molecular weight is 327 g/mol. The molecule has 3 N–H and O–H groups in total. The molecule has 0 saturated carbocycles. The highest BCUT2D eigenvalue weighted by Crippen LogP contribution is 2.17. The van der Waals surface area contributed by atoms with Gasteiger partial charge in [-0.05, 0) is 31.2 Å². The second kappa shape index (κ2) is 5.96. The standard InChI is InChI=1S/C12H13N3O2S3/c1-8-4-5-9(19-8)7-15-20(16,17)10-3-2-6-14-11(10)12(13)18/h2-6,15H,7H2,1H3,(H2,13,18). The van der Waals surface area contributed by atoms with Crippen LogP contribution in [0, 0.1) is 6.92 Å². The Morgan fingerprint density at radius 1 is 1.45 bits per heavy atom. The van der Waals surface area contributed by atoms with Crippen LogP contribution in [0.25, 0.3) is 0 Å². The topological polar surface area (TPSA) is 85.1 Å². The van der Waals surface area contributed by atoms with Gasteiger partial charge in [0, 0.05) is 22.5 Å². The first-order valence-electron chi connectivity index (χ1n) is 5.70. The number of aromatic nitrogens is 1. The van der Waals surface area contributed by atoms with Crippen LogP contribution in [0.1, 0.15) is 15.4 Å². The second-order valence-corrected chi connectivity index (χ2v) is 7.60. The summed E-state index contributed by atoms with van der Waals surface area (Å²) >= 11 is 6.37. The van der Waals surface area contributed by atoms with Gasteiger partial charge in [0.1, 0.15) is 15.6 Å². The van der Waals surface area contributed by atoms with Crippen molar-refractivity contribution in [3.05, 3.63) is 45.9 Å². The van der Waals surface area contributed by atoms with Gasteiger partial charge in [-0.2, -0.15) is 0 Å². The third kappa shape index (κ3) is 3.40. The molecular formula is C12H13N3O2S3. The minimum atomic E-state index is -3.70. The molecular weight excluding hydrogens is 314 g/mol. The van der Waals surface area contributed by atoms with Gasteiger partial charge in [-0.15, -0.1) is 11.3 Å². The molecule has 0 amide bonds. The first-order valence-corrected chi connectivity index (χ1v) is 8.41. The van der Waals surface area contributed by atoms with E-state index in [-0.39, 0.29) is 22.1 Å². The Kier molecular flexibility index (Phi) is 4.48. The molecule has 0 spiro atoms. The van der Waals surface area contributed by atoms with Crippen LogP contribution in [0.4, 0.5) is 0 Å². The van der Waals surface area contributed by atoms with E-state index in [0.29, 0.717) is 0 Å². The predicted octanol–water partition coefficient (Wildman–Crippen LogP) is 1.56. The zero-order valence-electron chi connectivity index (χ0n) is 10.7. The molecule has 0 fully saturated rings. The number of thiophene rings is 1. The molecule has 0 aromatic carbocycles. The van der Waals surface area contributed by atoms with Gasteiger partial charge >= 0.3 is 0 Å². The molecule has 0 bridgehead atoms. The maximum atomic E-state index is 12.3. The third-order valence-electron chi connectivity index (χ3n) is 2.53. The summed E-state index contributed by atoms with van der Waals surface area (Å²) in [6.45, 7) is 2.20. The fourth-order valence-corrected chi connectivity index (χ4v) is 3.94. The molecule has 20 heavy (non-hydrogen) atoms. The van der Waals surface area contributed by atoms with E-state index >= 15 is 0 Å². The maximum absolute atomic E-state index is 12.3. The predicted molar refractivity (Wildman–Crippen MR) is 83.2 cm³/mol. The minimum absolute atomic E-state index is 0.000720. The number of nitrogens with zero attached hydrogens (tertiary/aromatic N) is 1. The summed E-state index contributed by atoms with van der Waals surface area (Å²) < 4.78 is 27.1. The van der Waals surface area contributed by atoms with E-state index in [1.165, 1.54) is 18.3 Å². The highest BCUT2D eigenvalue weighted by atomic mass is 32.2. The molecule has 5 nitrogen and oxygen atoms in total. The Morgan fingerprint density at radius 3 is 2.80 bits per heavy atom. The number of aryl methyl sites for hydroxylation is 1. The van der Waals surface area contributed by atoms with Crippen LogP contribution in [0.15, 0.2) is 35.4 Å². The number of pyridine rings is 1. The number of sulfonamides is 1. The van der Waals surface area contributed by atoms with Gasteiger partial charge in [-0.25, -0.2) is 13.1 Å². The summed E-state index contributed by atoms with van der Waals surface area (Å²) in [7, 11) is -3.70. The molecule has 0 saturated heterocycles. The van der Waals surface area contributed by atoms with Crippen molar-refractivity contribution in [1.82, 2.24) is 9.71 Å². The van der Waals surface area contributed by atoms with Gasteiger partial charge in [0.15, 0.2) is 0 Å². The van der Waals surface area contributed by atoms with Crippen molar-refractivity contribution in [2.45, 2.75) is 18.4 Å². The van der Waals surface area contributed by atoms with Crippen LogP contribution in [0.5, 0.6) is 0 Å². The Morgan fingerprint density at radius 2 is 2.20 bits per heavy atom. The fraction of sp³-hybridized carbons (Fsp3) is 0.167. The number of thiocarbonyl (C=S) groups is 1. The zero-order chi connectivity index (χ0) is 14.8. The third-order valence-corrected chi connectivity index (χ3v) is 5.15. The van der Waals surface area contributed by atoms with Crippen molar-refractivity contribution in [2.75, 3.05) is 0 Å². The smallest absolute Gasteiger partial charge is 0.243 e. The number of nitrogens with one attached hydrogen (secondary N) is 1. The van der Waals surface area contributed by atoms with Crippen LogP contribution in [0.3, 0.4) is 0 Å². The highest BCUT2D eigenvalue weighted by molar-refractivity contribution is 7.89. The molecule has 0 aliphatic carbocycles. The molecule has 0 atom stereocenters. The van der Waals surface area contributed by atoms with Crippen LogP contribution in [-0.2, 0) is 16.6 Å². The average Bonchev–Trinajstić information content (AvgIpc) is 2.82. The molecule has 2 aromatic rings. The van der Waals surface area contributed by atoms with Crippen molar-refractivity contribution in [3.8, 4) is 0 Å². The van der Waals surface area contributed by atoms with E-state index in [2.05, 4.69) is 9.71 Å². The zero-order valence-corrected chi connectivity index (χ0v) is 13.1. The van der Waals surface area contributed by atoms with E-state index in [1.807, 2.05) is 19.1 Å². The van der Waals surface area contributed by atoms with Gasteiger partial charge < -0.3 is 5.73 Å². The van der Waals surface area contributed by atoms with Crippen molar-refractivity contribution in [1.29, 1.82) is 0 Å². The maximum Gasteiger partial charge on any atom is 0.243 e. The van der Waals surface area contributed by atoms with Gasteiger partial charge in [0.05, 0.1) is 0 Å². The molecule has 0 aliphatic rings. The summed E-state index contributed by atoms with van der Waals surface area (Å²) in [6.07, 6.45) is 1.45. The molecule has 2 aromatic heterocycles. The van der Waals surface area contributed by atoms with E-state index in [1.54, 1.807) is 11.3 Å². The monoisotopic (exact) mass is 327 g/mol. The normalized spacial score (nSPS) is 11.4. The second-order valence-electron chi connectivity index (χ2n) is 4.05. The lowest BCUT2D eigenvalue weighted by molar-refractivity contribution is 0.581. The molecule has 2 rings (SSSR count). The van der Waals surface area contributed by atoms with Crippen molar-refractivity contribution in [3.63, 3.8) is 0 Å². The Bertz CT molecular complexity index is 738. The van der Waals surface area contributed by atoms with Crippen LogP contribution >= 0.6 is 23.6 Å². The van der Waals surface area contributed by atoms with E-state index in [4.69, 9.17) is 18.0 Å². The van der Waals surface area contributed by atoms with Crippen LogP contribution in [-0.4, -0.2) is 18.4 Å². The summed E-state index contributed by atoms with van der Waals surface area (Å²) in [4.78, 5) is 5.94. The number of hydrogen-bond donors (Lipinski definition) is 2. The quantitative estimate of drug-likeness (QED) is 0.814. The minimum Gasteiger partial charge on any atom is -0.388 e. The lowest BCUT2D eigenvalue weighted by atomic mass is 10.3. The van der Waals surface area contributed by atoms with Crippen molar-refractivity contribution in [2.24, 2.45) is 5.73 Å². The first kappa shape index (κ1) is 15.0. The molecule has 8 heteroatoms. The SMILES string of the molecule is Cc1ccc(CNS(=O)(=O)c2cccnc2C(N)=S)s1. The molecule has 0 unspecified atom stereocenters. The summed E-state index contributed by atoms with van der Waals surface area (Å²) in [5, 5.41) is 0. The Balaban J connectivity index is 2.25. The first-order chi connectivity index (χ1) is 9.40. The molecule has 0 aliphatic heterocycles. The number of rotatable bonds is 5. The largest absolute Gasteiger partial charge is 0.388 e. The van der Waals surface area contributed by atoms with Gasteiger partial charge in [-0.1, -0.05) is 12.2 Å². The fourth-order valence-electron chi connectivity index (χ4n) is 1.62. The Labute approximate surface area is 126 Å². The van der Waals surface area contributed by atoms with Crippen molar-refractivity contribution >= 4 is 38.6 Å². The highest BCUT2D eigenvalue weighted by Gasteiger charge is 2.20. The summed E-state index contributed by atoms with van der Waals surface area (Å²) in [6, 6.07) is 6.80. The van der Waals surface area contributed by atoms with Gasteiger partial charge in [-0.3, -0.25) is 4.98 Å². The lowest BCUT2D eigenvalue weighted by Crippen LogP contribution is -2.26. The molecule has 2 heterocycles. The molecule has 0 radical (unpaired) electrons. The van der Waals surface area contributed by atoms with Crippen LogP contribution < -0.4 is 10.5 Å². The van der Waals surface area contributed by atoms with E-state index < -0.39 is 10.0 Å². The van der Waals surface area contributed by atoms with Gasteiger partial charge in [0.2, 0.25) is 10.0 Å². The number of nitrogens with two attached hydrogens (primary N) is 1. The Hall–Kier alpha value is -1.35. The summed E-state index contributed by atoms with van der Waals surface area (Å²) in [5.41, 5.74) is 5.61. The van der Waals surface area contributed by atoms with Crippen LogP contribution in [0.2, 0.25) is 0 Å². The number of hydrogen-bond acceptors (Lipinski definition) is 5. The van der Waals surface area contributed by atoms with Gasteiger partial charge in [0.25, 0.3) is 0 Å². The van der Waals surface area contributed by atoms with Crippen molar-refractivity contribution < 1.29 is 8.42 Å².